The van der Waals surface area contributed by atoms with E-state index in [1.807, 2.05) is 0 Å². The second kappa shape index (κ2) is 8.82. The molecule has 0 fully saturated rings. The zero-order valence-corrected chi connectivity index (χ0v) is 17.4. The Morgan fingerprint density at radius 1 is 1.16 bits per heavy atom. The molecule has 0 aliphatic rings. The standard InChI is InChI=1S/C21H15ClN6O4/c1-13-24-19(27-9-8-23-12-27)11-20(25-13)32-16-5-2-14(3-6-16)26-21(29)17-7-4-15(28(30)31)10-18(17)22/h2-12H,1H3,(H,26,29). The monoisotopic (exact) mass is 450 g/mol. The van der Waals surface area contributed by atoms with Gasteiger partial charge in [0.1, 0.15) is 23.7 Å². The van der Waals surface area contributed by atoms with Crippen LogP contribution < -0.4 is 10.1 Å². The van der Waals surface area contributed by atoms with Crippen LogP contribution in [0.5, 0.6) is 11.6 Å². The van der Waals surface area contributed by atoms with Crippen molar-refractivity contribution in [2.75, 3.05) is 5.32 Å². The van der Waals surface area contributed by atoms with Crippen molar-refractivity contribution < 1.29 is 14.5 Å². The third-order valence-electron chi connectivity index (χ3n) is 4.31. The fourth-order valence-electron chi connectivity index (χ4n) is 2.83. The van der Waals surface area contributed by atoms with Gasteiger partial charge in [-0.1, -0.05) is 11.6 Å². The summed E-state index contributed by atoms with van der Waals surface area (Å²) in [5.41, 5.74) is 0.431. The van der Waals surface area contributed by atoms with E-state index in [2.05, 4.69) is 20.3 Å². The molecule has 10 nitrogen and oxygen atoms in total. The first-order chi connectivity index (χ1) is 15.4. The minimum atomic E-state index is -0.580. The van der Waals surface area contributed by atoms with Crippen molar-refractivity contribution in [1.29, 1.82) is 0 Å². The summed E-state index contributed by atoms with van der Waals surface area (Å²) in [6.45, 7) is 1.76. The summed E-state index contributed by atoms with van der Waals surface area (Å²) < 4.78 is 7.55. The maximum Gasteiger partial charge on any atom is 0.270 e. The van der Waals surface area contributed by atoms with Crippen LogP contribution in [-0.2, 0) is 0 Å². The maximum atomic E-state index is 12.5. The number of nitro benzene ring substituents is 1. The third-order valence-corrected chi connectivity index (χ3v) is 4.63. The highest BCUT2D eigenvalue weighted by molar-refractivity contribution is 6.34. The highest BCUT2D eigenvalue weighted by Crippen LogP contribution is 2.25. The summed E-state index contributed by atoms with van der Waals surface area (Å²) in [4.78, 5) is 35.3. The number of nitrogens with zero attached hydrogens (tertiary/aromatic N) is 5. The van der Waals surface area contributed by atoms with E-state index < -0.39 is 10.8 Å². The molecule has 11 heteroatoms. The highest BCUT2D eigenvalue weighted by atomic mass is 35.5. The van der Waals surface area contributed by atoms with Gasteiger partial charge in [0.05, 0.1) is 15.5 Å². The van der Waals surface area contributed by atoms with E-state index in [0.29, 0.717) is 29.0 Å². The normalized spacial score (nSPS) is 10.6. The number of carbonyl (C=O) groups excluding carboxylic acids is 1. The van der Waals surface area contributed by atoms with Gasteiger partial charge in [-0.2, -0.15) is 4.98 Å². The van der Waals surface area contributed by atoms with E-state index in [1.165, 1.54) is 12.1 Å². The van der Waals surface area contributed by atoms with Crippen LogP contribution in [0.25, 0.3) is 5.82 Å². The number of non-ortho nitro benzene ring substituents is 1. The molecule has 0 saturated carbocycles. The first-order valence-corrected chi connectivity index (χ1v) is 9.64. The van der Waals surface area contributed by atoms with Crippen LogP contribution in [0.2, 0.25) is 5.02 Å². The number of carbonyl (C=O) groups is 1. The number of aromatic nitrogens is 4. The molecule has 1 amide bonds. The minimum absolute atomic E-state index is 0.00974. The summed E-state index contributed by atoms with van der Waals surface area (Å²) >= 11 is 6.01. The number of hydrogen-bond acceptors (Lipinski definition) is 7. The maximum absolute atomic E-state index is 12.5. The molecule has 0 aliphatic carbocycles. The predicted octanol–water partition coefficient (Wildman–Crippen LogP) is 4.58. The number of nitro groups is 1. The van der Waals surface area contributed by atoms with Gasteiger partial charge in [0, 0.05) is 36.3 Å². The quantitative estimate of drug-likeness (QED) is 0.336. The Hall–Kier alpha value is -4.31. The van der Waals surface area contributed by atoms with Crippen LogP contribution in [0.1, 0.15) is 16.2 Å². The zero-order chi connectivity index (χ0) is 22.7. The molecule has 0 spiro atoms. The number of nitrogens with one attached hydrogen (secondary N) is 1. The fourth-order valence-corrected chi connectivity index (χ4v) is 3.09. The van der Waals surface area contributed by atoms with Crippen LogP contribution in [0.3, 0.4) is 0 Å². The predicted molar refractivity (Wildman–Crippen MR) is 116 cm³/mol. The summed E-state index contributed by atoms with van der Waals surface area (Å²) in [5.74, 6) is 1.53. The molecular formula is C21H15ClN6O4. The van der Waals surface area contributed by atoms with Crippen molar-refractivity contribution in [3.05, 3.63) is 93.8 Å². The SMILES string of the molecule is Cc1nc(Oc2ccc(NC(=O)c3ccc([N+](=O)[O-])cc3Cl)cc2)cc(-n2ccnc2)n1. The molecule has 2 aromatic carbocycles. The van der Waals surface area contributed by atoms with Crippen molar-refractivity contribution in [1.82, 2.24) is 19.5 Å². The largest absolute Gasteiger partial charge is 0.439 e. The molecule has 2 aromatic heterocycles. The van der Waals surface area contributed by atoms with E-state index in [4.69, 9.17) is 16.3 Å². The number of amides is 1. The van der Waals surface area contributed by atoms with Gasteiger partial charge < -0.3 is 10.1 Å². The average Bonchev–Trinajstić information content (AvgIpc) is 3.29. The van der Waals surface area contributed by atoms with Crippen LogP contribution in [0.4, 0.5) is 11.4 Å². The number of hydrogen-bond donors (Lipinski definition) is 1. The smallest absolute Gasteiger partial charge is 0.270 e. The molecule has 0 unspecified atom stereocenters. The van der Waals surface area contributed by atoms with Crippen molar-refractivity contribution in [2.24, 2.45) is 0 Å². The van der Waals surface area contributed by atoms with Crippen molar-refractivity contribution >= 4 is 28.9 Å². The second-order valence-corrected chi connectivity index (χ2v) is 6.99. The van der Waals surface area contributed by atoms with E-state index in [1.54, 1.807) is 60.5 Å². The topological polar surface area (TPSA) is 125 Å². The number of anilines is 1. The number of benzene rings is 2. The highest BCUT2D eigenvalue weighted by Gasteiger charge is 2.15. The number of imidazole rings is 1. The number of ether oxygens (including phenoxy) is 1. The van der Waals surface area contributed by atoms with Gasteiger partial charge in [0.15, 0.2) is 0 Å². The van der Waals surface area contributed by atoms with Crippen LogP contribution >= 0.6 is 11.6 Å². The average molecular weight is 451 g/mol. The second-order valence-electron chi connectivity index (χ2n) is 6.58. The molecule has 4 aromatic rings. The van der Waals surface area contributed by atoms with E-state index >= 15 is 0 Å². The Morgan fingerprint density at radius 3 is 2.59 bits per heavy atom. The Bertz CT molecular complexity index is 1290. The summed E-state index contributed by atoms with van der Waals surface area (Å²) in [6, 6.07) is 12.0. The molecule has 0 radical (unpaired) electrons. The van der Waals surface area contributed by atoms with Gasteiger partial charge in [0.2, 0.25) is 5.88 Å². The van der Waals surface area contributed by atoms with E-state index in [-0.39, 0.29) is 16.3 Å². The molecule has 4 rings (SSSR count). The van der Waals surface area contributed by atoms with Gasteiger partial charge in [-0.15, -0.1) is 0 Å². The Morgan fingerprint density at radius 2 is 1.94 bits per heavy atom. The van der Waals surface area contributed by atoms with E-state index in [9.17, 15) is 14.9 Å². The molecular weight excluding hydrogens is 436 g/mol. The van der Waals surface area contributed by atoms with Crippen molar-refractivity contribution in [3.63, 3.8) is 0 Å². The first-order valence-electron chi connectivity index (χ1n) is 9.26. The lowest BCUT2D eigenvalue weighted by Gasteiger charge is -2.10. The molecule has 0 saturated heterocycles. The van der Waals surface area contributed by atoms with Gasteiger partial charge >= 0.3 is 0 Å². The van der Waals surface area contributed by atoms with Gasteiger partial charge in [-0.05, 0) is 37.3 Å². The lowest BCUT2D eigenvalue weighted by Crippen LogP contribution is -2.12. The lowest BCUT2D eigenvalue weighted by molar-refractivity contribution is -0.384. The Labute approximate surface area is 186 Å². The van der Waals surface area contributed by atoms with Gasteiger partial charge in [-0.25, -0.2) is 9.97 Å². The summed E-state index contributed by atoms with van der Waals surface area (Å²) in [5, 5.41) is 13.5. The molecule has 1 N–H and O–H groups in total. The van der Waals surface area contributed by atoms with Crippen LogP contribution in [0.15, 0.2) is 67.3 Å². The van der Waals surface area contributed by atoms with E-state index in [0.717, 1.165) is 6.07 Å². The summed E-state index contributed by atoms with van der Waals surface area (Å²) in [7, 11) is 0. The van der Waals surface area contributed by atoms with Crippen LogP contribution in [0, 0.1) is 17.0 Å². The fraction of sp³-hybridized carbons (Fsp3) is 0.0476. The molecule has 2 heterocycles. The van der Waals surface area contributed by atoms with Crippen LogP contribution in [-0.4, -0.2) is 30.3 Å². The number of aryl methyl sites for hydroxylation is 1. The molecule has 0 atom stereocenters. The van der Waals surface area contributed by atoms with Crippen molar-refractivity contribution in [3.8, 4) is 17.4 Å². The molecule has 32 heavy (non-hydrogen) atoms. The molecule has 0 aliphatic heterocycles. The van der Waals surface area contributed by atoms with Gasteiger partial charge in [0.25, 0.3) is 11.6 Å². The Balaban J connectivity index is 1.46. The Kier molecular flexibility index (Phi) is 5.77. The van der Waals surface area contributed by atoms with Gasteiger partial charge in [-0.3, -0.25) is 19.5 Å². The molecule has 0 bridgehead atoms. The number of rotatable bonds is 6. The number of halogens is 1. The molecule has 160 valence electrons. The zero-order valence-electron chi connectivity index (χ0n) is 16.6. The summed E-state index contributed by atoms with van der Waals surface area (Å²) in [6.07, 6.45) is 5.04. The van der Waals surface area contributed by atoms with Crippen molar-refractivity contribution in [2.45, 2.75) is 6.92 Å². The minimum Gasteiger partial charge on any atom is -0.439 e. The first kappa shape index (κ1) is 20.9. The lowest BCUT2D eigenvalue weighted by atomic mass is 10.2. The third kappa shape index (κ3) is 4.71.